The minimum absolute atomic E-state index is 0.0328. The molecule has 2 unspecified atom stereocenters. The highest BCUT2D eigenvalue weighted by Gasteiger charge is 2.39. The first-order valence-corrected chi connectivity index (χ1v) is 8.30. The van der Waals surface area contributed by atoms with Gasteiger partial charge < -0.3 is 4.74 Å². The molecule has 0 saturated carbocycles. The summed E-state index contributed by atoms with van der Waals surface area (Å²) in [7, 11) is 1.64. The van der Waals surface area contributed by atoms with Crippen molar-refractivity contribution >= 4 is 35.0 Å². The van der Waals surface area contributed by atoms with E-state index in [9.17, 15) is 4.79 Å². The Balaban J connectivity index is 1.97. The van der Waals surface area contributed by atoms with Gasteiger partial charge in [0.25, 0.3) is 0 Å². The highest BCUT2D eigenvalue weighted by Crippen LogP contribution is 2.45. The van der Waals surface area contributed by atoms with Gasteiger partial charge in [-0.15, -0.1) is 11.8 Å². The zero-order chi connectivity index (χ0) is 15.7. The SMILES string of the molecule is COc1ccc(C2SC(C)C(=O)N2c2ccc(Cl)cc2)cc1. The average molecular weight is 334 g/mol. The highest BCUT2D eigenvalue weighted by molar-refractivity contribution is 8.01. The highest BCUT2D eigenvalue weighted by atomic mass is 35.5. The summed E-state index contributed by atoms with van der Waals surface area (Å²) in [5, 5.41) is 0.564. The van der Waals surface area contributed by atoms with E-state index < -0.39 is 0 Å². The number of rotatable bonds is 3. The lowest BCUT2D eigenvalue weighted by atomic mass is 10.1. The molecule has 1 saturated heterocycles. The lowest BCUT2D eigenvalue weighted by Crippen LogP contribution is -2.30. The summed E-state index contributed by atoms with van der Waals surface area (Å²) in [4.78, 5) is 14.4. The molecule has 2 atom stereocenters. The van der Waals surface area contributed by atoms with Gasteiger partial charge in [0.15, 0.2) is 0 Å². The summed E-state index contributed by atoms with van der Waals surface area (Å²) in [5.41, 5.74) is 1.95. The Bertz CT molecular complexity index is 672. The maximum absolute atomic E-state index is 12.5. The number of carbonyl (C=O) groups excluding carboxylic acids is 1. The van der Waals surface area contributed by atoms with E-state index in [0.29, 0.717) is 5.02 Å². The summed E-state index contributed by atoms with van der Waals surface area (Å²) in [6.45, 7) is 1.94. The summed E-state index contributed by atoms with van der Waals surface area (Å²) in [5.74, 6) is 0.928. The molecule has 5 heteroatoms. The van der Waals surface area contributed by atoms with Crippen molar-refractivity contribution in [2.24, 2.45) is 0 Å². The molecule has 3 rings (SSSR count). The number of hydrogen-bond acceptors (Lipinski definition) is 3. The van der Waals surface area contributed by atoms with Crippen LogP contribution >= 0.6 is 23.4 Å². The van der Waals surface area contributed by atoms with E-state index >= 15 is 0 Å². The van der Waals surface area contributed by atoms with Gasteiger partial charge in [0.1, 0.15) is 11.1 Å². The normalized spacial score (nSPS) is 21.2. The number of amides is 1. The van der Waals surface area contributed by atoms with Gasteiger partial charge in [0.2, 0.25) is 5.91 Å². The van der Waals surface area contributed by atoms with Gasteiger partial charge in [-0.2, -0.15) is 0 Å². The van der Waals surface area contributed by atoms with Gasteiger partial charge in [-0.1, -0.05) is 23.7 Å². The van der Waals surface area contributed by atoms with Gasteiger partial charge >= 0.3 is 0 Å². The van der Waals surface area contributed by atoms with Crippen LogP contribution in [0.2, 0.25) is 5.02 Å². The van der Waals surface area contributed by atoms with Crippen LogP contribution in [0.5, 0.6) is 5.75 Å². The molecule has 1 heterocycles. The first-order valence-electron chi connectivity index (χ1n) is 6.98. The number of thioether (sulfide) groups is 1. The third kappa shape index (κ3) is 2.81. The van der Waals surface area contributed by atoms with Gasteiger partial charge in [0, 0.05) is 10.7 Å². The van der Waals surface area contributed by atoms with Gasteiger partial charge in [-0.25, -0.2) is 0 Å². The second kappa shape index (κ2) is 6.23. The fourth-order valence-electron chi connectivity index (χ4n) is 2.48. The van der Waals surface area contributed by atoms with E-state index in [1.165, 1.54) is 0 Å². The Hall–Kier alpha value is -1.65. The van der Waals surface area contributed by atoms with Crippen LogP contribution in [0.3, 0.4) is 0 Å². The van der Waals surface area contributed by atoms with E-state index in [1.807, 2.05) is 60.4 Å². The molecule has 0 aliphatic carbocycles. The molecule has 1 amide bonds. The number of ether oxygens (including phenoxy) is 1. The molecular formula is C17H16ClNO2S. The van der Waals surface area contributed by atoms with Gasteiger partial charge in [-0.05, 0) is 48.9 Å². The van der Waals surface area contributed by atoms with Crippen molar-refractivity contribution in [3.8, 4) is 5.75 Å². The minimum atomic E-state index is -0.0669. The Morgan fingerprint density at radius 3 is 2.32 bits per heavy atom. The molecule has 0 radical (unpaired) electrons. The van der Waals surface area contributed by atoms with Crippen LogP contribution in [-0.4, -0.2) is 18.3 Å². The van der Waals surface area contributed by atoms with Crippen molar-refractivity contribution in [3.05, 3.63) is 59.1 Å². The smallest absolute Gasteiger partial charge is 0.241 e. The molecule has 0 bridgehead atoms. The van der Waals surface area contributed by atoms with E-state index in [-0.39, 0.29) is 16.5 Å². The molecule has 1 aliphatic rings. The van der Waals surface area contributed by atoms with Crippen molar-refractivity contribution in [2.75, 3.05) is 12.0 Å². The van der Waals surface area contributed by atoms with Crippen molar-refractivity contribution in [2.45, 2.75) is 17.5 Å². The Morgan fingerprint density at radius 1 is 1.09 bits per heavy atom. The van der Waals surface area contributed by atoms with Crippen molar-refractivity contribution < 1.29 is 9.53 Å². The molecule has 0 aromatic heterocycles. The summed E-state index contributed by atoms with van der Waals surface area (Å²) < 4.78 is 5.20. The van der Waals surface area contributed by atoms with Gasteiger partial charge in [-0.3, -0.25) is 9.69 Å². The lowest BCUT2D eigenvalue weighted by molar-refractivity contribution is -0.117. The number of halogens is 1. The molecule has 114 valence electrons. The molecule has 3 nitrogen and oxygen atoms in total. The summed E-state index contributed by atoms with van der Waals surface area (Å²) in [6, 6.07) is 15.2. The fraction of sp³-hybridized carbons (Fsp3) is 0.235. The summed E-state index contributed by atoms with van der Waals surface area (Å²) in [6.07, 6.45) is 0. The number of carbonyl (C=O) groups is 1. The zero-order valence-corrected chi connectivity index (χ0v) is 13.9. The first kappa shape index (κ1) is 15.3. The Labute approximate surface area is 139 Å². The summed E-state index contributed by atoms with van der Waals surface area (Å²) >= 11 is 7.60. The predicted octanol–water partition coefficient (Wildman–Crippen LogP) is 4.52. The molecule has 2 aromatic rings. The Morgan fingerprint density at radius 2 is 1.73 bits per heavy atom. The zero-order valence-electron chi connectivity index (χ0n) is 12.3. The molecule has 0 N–H and O–H groups in total. The van der Waals surface area contributed by atoms with Crippen LogP contribution in [0.15, 0.2) is 48.5 Å². The first-order chi connectivity index (χ1) is 10.6. The number of hydrogen-bond donors (Lipinski definition) is 0. The number of benzene rings is 2. The number of nitrogens with zero attached hydrogens (tertiary/aromatic N) is 1. The van der Waals surface area contributed by atoms with E-state index in [4.69, 9.17) is 16.3 Å². The lowest BCUT2D eigenvalue weighted by Gasteiger charge is -2.24. The van der Waals surface area contributed by atoms with Crippen LogP contribution < -0.4 is 9.64 Å². The van der Waals surface area contributed by atoms with Crippen LogP contribution in [0, 0.1) is 0 Å². The quantitative estimate of drug-likeness (QED) is 0.827. The molecule has 1 aliphatic heterocycles. The van der Waals surface area contributed by atoms with Crippen molar-refractivity contribution in [3.63, 3.8) is 0 Å². The monoisotopic (exact) mass is 333 g/mol. The maximum Gasteiger partial charge on any atom is 0.241 e. The van der Waals surface area contributed by atoms with Crippen LogP contribution in [-0.2, 0) is 4.79 Å². The molecule has 22 heavy (non-hydrogen) atoms. The van der Waals surface area contributed by atoms with E-state index in [2.05, 4.69) is 0 Å². The largest absolute Gasteiger partial charge is 0.497 e. The average Bonchev–Trinajstić information content (AvgIpc) is 2.84. The number of anilines is 1. The fourth-order valence-corrected chi connectivity index (χ4v) is 3.89. The second-order valence-corrected chi connectivity index (χ2v) is 6.95. The van der Waals surface area contributed by atoms with Crippen LogP contribution in [0.25, 0.3) is 0 Å². The third-order valence-electron chi connectivity index (χ3n) is 3.66. The standard InChI is InChI=1S/C17H16ClNO2S/c1-11-16(20)19(14-7-5-13(18)6-8-14)17(22-11)12-3-9-15(21-2)10-4-12/h3-11,17H,1-2H3. The van der Waals surface area contributed by atoms with Crippen molar-refractivity contribution in [1.82, 2.24) is 0 Å². The molecule has 0 spiro atoms. The van der Waals surface area contributed by atoms with Crippen LogP contribution in [0.1, 0.15) is 17.9 Å². The van der Waals surface area contributed by atoms with E-state index in [1.54, 1.807) is 18.9 Å². The van der Waals surface area contributed by atoms with E-state index in [0.717, 1.165) is 17.0 Å². The topological polar surface area (TPSA) is 29.5 Å². The predicted molar refractivity (Wildman–Crippen MR) is 91.7 cm³/mol. The molecular weight excluding hydrogens is 318 g/mol. The second-order valence-electron chi connectivity index (χ2n) is 5.09. The van der Waals surface area contributed by atoms with Gasteiger partial charge in [0.05, 0.1) is 12.4 Å². The van der Waals surface area contributed by atoms with Crippen molar-refractivity contribution in [1.29, 1.82) is 0 Å². The molecule has 1 fully saturated rings. The maximum atomic E-state index is 12.5. The minimum Gasteiger partial charge on any atom is -0.497 e. The van der Waals surface area contributed by atoms with Crippen LogP contribution in [0.4, 0.5) is 5.69 Å². The number of methoxy groups -OCH3 is 1. The molecule has 2 aromatic carbocycles. The third-order valence-corrected chi connectivity index (χ3v) is 5.26. The Kier molecular flexibility index (Phi) is 4.32.